The van der Waals surface area contributed by atoms with E-state index in [1.54, 1.807) is 25.5 Å². The first-order valence-electron chi connectivity index (χ1n) is 16.2. The molecule has 11 nitrogen and oxygen atoms in total. The fourth-order valence-corrected chi connectivity index (χ4v) is 7.33. The van der Waals surface area contributed by atoms with Crippen molar-refractivity contribution < 1.29 is 18.7 Å². The minimum atomic E-state index is -0.586. The van der Waals surface area contributed by atoms with E-state index in [-0.39, 0.29) is 34.9 Å². The molecule has 3 aromatic heterocycles. The molecule has 0 spiro atoms. The summed E-state index contributed by atoms with van der Waals surface area (Å²) in [6.45, 7) is 6.50. The second-order valence-electron chi connectivity index (χ2n) is 12.8. The molecule has 2 saturated heterocycles. The highest BCUT2D eigenvalue weighted by Crippen LogP contribution is 2.38. The third kappa shape index (κ3) is 5.21. The summed E-state index contributed by atoms with van der Waals surface area (Å²) in [6, 6.07) is 10.4. The van der Waals surface area contributed by atoms with Crippen LogP contribution < -0.4 is 20.7 Å². The van der Waals surface area contributed by atoms with Crippen LogP contribution in [0.5, 0.6) is 0 Å². The van der Waals surface area contributed by atoms with E-state index < -0.39 is 5.82 Å². The minimum Gasteiger partial charge on any atom is -0.378 e. The van der Waals surface area contributed by atoms with E-state index in [9.17, 15) is 14.4 Å². The standard InChI is InChI=1S/C35H36FN7O4/c1-39-17-22(12-30(35(39)46)38-33-6-5-25(16-37-33)40-8-10-41(11-9-40)26-20-47-21-26)27-13-23(36)14-31(29(27)19-44)43-18-32-28(34(43)45)15-24-4-2-3-7-42(24)32/h5-6,12-17,19,26H,2-4,7-11,18,20-21H2,1H3,(H,37,38). The monoisotopic (exact) mass is 637 g/mol. The van der Waals surface area contributed by atoms with Crippen molar-refractivity contribution in [2.24, 2.45) is 7.05 Å². The molecule has 4 aliphatic rings. The number of hydrogen-bond donors (Lipinski definition) is 1. The molecule has 47 heavy (non-hydrogen) atoms. The van der Waals surface area contributed by atoms with Crippen LogP contribution in [0.1, 0.15) is 44.9 Å². The van der Waals surface area contributed by atoms with Gasteiger partial charge in [0.25, 0.3) is 11.5 Å². The predicted molar refractivity (Wildman–Crippen MR) is 176 cm³/mol. The number of nitrogens with one attached hydrogen (secondary N) is 1. The molecule has 4 aromatic rings. The molecule has 1 amide bonds. The molecule has 0 bridgehead atoms. The lowest BCUT2D eigenvalue weighted by molar-refractivity contribution is -0.0660. The first kappa shape index (κ1) is 29.6. The normalized spacial score (nSPS) is 18.2. The number of aryl methyl sites for hydroxylation is 2. The number of hydrogen-bond acceptors (Lipinski definition) is 8. The molecule has 242 valence electrons. The summed E-state index contributed by atoms with van der Waals surface area (Å²) < 4.78 is 24.2. The molecule has 2 fully saturated rings. The Kier molecular flexibility index (Phi) is 7.41. The maximum absolute atomic E-state index is 15.3. The van der Waals surface area contributed by atoms with Crippen molar-refractivity contribution in [3.63, 3.8) is 0 Å². The Morgan fingerprint density at radius 3 is 2.55 bits per heavy atom. The first-order chi connectivity index (χ1) is 22.9. The van der Waals surface area contributed by atoms with Crippen LogP contribution in [0.3, 0.4) is 0 Å². The predicted octanol–water partition coefficient (Wildman–Crippen LogP) is 3.96. The average molecular weight is 638 g/mol. The number of amides is 1. The van der Waals surface area contributed by atoms with Gasteiger partial charge in [0.05, 0.1) is 54.6 Å². The van der Waals surface area contributed by atoms with Crippen LogP contribution in [0.25, 0.3) is 11.1 Å². The number of piperazine rings is 1. The highest BCUT2D eigenvalue weighted by Gasteiger charge is 2.36. The molecule has 0 saturated carbocycles. The highest BCUT2D eigenvalue weighted by molar-refractivity contribution is 6.12. The molecule has 1 N–H and O–H groups in total. The second-order valence-corrected chi connectivity index (χ2v) is 12.8. The minimum absolute atomic E-state index is 0.181. The largest absolute Gasteiger partial charge is 0.378 e. The Bertz CT molecular complexity index is 1940. The van der Waals surface area contributed by atoms with Gasteiger partial charge in [0.1, 0.15) is 17.3 Å². The van der Waals surface area contributed by atoms with E-state index >= 15 is 4.39 Å². The van der Waals surface area contributed by atoms with Gasteiger partial charge in [0.2, 0.25) is 0 Å². The van der Waals surface area contributed by atoms with E-state index in [4.69, 9.17) is 4.74 Å². The van der Waals surface area contributed by atoms with Crippen LogP contribution in [0, 0.1) is 5.82 Å². The molecule has 7 heterocycles. The number of fused-ring (bicyclic) bond motifs is 3. The van der Waals surface area contributed by atoms with E-state index in [1.807, 2.05) is 18.2 Å². The molecule has 0 aliphatic carbocycles. The third-order valence-corrected chi connectivity index (χ3v) is 10.00. The lowest BCUT2D eigenvalue weighted by Gasteiger charge is -2.43. The van der Waals surface area contributed by atoms with Crippen LogP contribution in [0.4, 0.5) is 27.3 Å². The maximum Gasteiger partial charge on any atom is 0.274 e. The number of ether oxygens (including phenoxy) is 1. The van der Waals surface area contributed by atoms with Crippen LogP contribution in [-0.2, 0) is 31.3 Å². The number of anilines is 4. The topological polar surface area (TPSA) is 105 Å². The van der Waals surface area contributed by atoms with Crippen molar-refractivity contribution in [3.05, 3.63) is 87.5 Å². The van der Waals surface area contributed by atoms with Crippen LogP contribution in [0.2, 0.25) is 0 Å². The third-order valence-electron chi connectivity index (χ3n) is 10.00. The average Bonchev–Trinajstić information content (AvgIpc) is 3.58. The number of pyridine rings is 2. The summed E-state index contributed by atoms with van der Waals surface area (Å²) in [5.41, 5.74) is 4.74. The van der Waals surface area contributed by atoms with Gasteiger partial charge in [-0.05, 0) is 61.2 Å². The van der Waals surface area contributed by atoms with Gasteiger partial charge in [-0.2, -0.15) is 0 Å². The van der Waals surface area contributed by atoms with Crippen LogP contribution >= 0.6 is 0 Å². The van der Waals surface area contributed by atoms with Gasteiger partial charge >= 0.3 is 0 Å². The zero-order chi connectivity index (χ0) is 32.2. The number of aromatic nitrogens is 3. The fraction of sp³-hybridized carbons (Fsp3) is 0.371. The SMILES string of the molecule is Cn1cc(-c2cc(F)cc(N3Cc4c(cc5n4CCCC5)C3=O)c2C=O)cc(Nc2ccc(N3CCN(C4COC4)CC3)cn2)c1=O. The number of halogens is 1. The molecule has 8 rings (SSSR count). The summed E-state index contributed by atoms with van der Waals surface area (Å²) in [5.74, 6) is -0.344. The molecular weight excluding hydrogens is 601 g/mol. The quantitative estimate of drug-likeness (QED) is 0.304. The van der Waals surface area contributed by atoms with Crippen molar-refractivity contribution in [2.45, 2.75) is 38.4 Å². The van der Waals surface area contributed by atoms with Gasteiger partial charge in [0, 0.05) is 62.8 Å². The summed E-state index contributed by atoms with van der Waals surface area (Å²) in [6.07, 6.45) is 7.08. The number of carbonyl (C=O) groups is 2. The Hall–Kier alpha value is -4.81. The number of rotatable bonds is 7. The zero-order valence-corrected chi connectivity index (χ0v) is 26.2. The van der Waals surface area contributed by atoms with Crippen molar-refractivity contribution >= 4 is 35.1 Å². The molecule has 4 aliphatic heterocycles. The number of carbonyl (C=O) groups excluding carboxylic acids is 2. The lowest BCUT2D eigenvalue weighted by Crippen LogP contribution is -2.56. The first-order valence-corrected chi connectivity index (χ1v) is 16.2. The summed E-state index contributed by atoms with van der Waals surface area (Å²) in [5, 5.41) is 3.12. The fourth-order valence-electron chi connectivity index (χ4n) is 7.33. The van der Waals surface area contributed by atoms with E-state index in [0.717, 1.165) is 82.3 Å². The molecule has 12 heteroatoms. The van der Waals surface area contributed by atoms with Crippen molar-refractivity contribution in [1.82, 2.24) is 19.0 Å². The smallest absolute Gasteiger partial charge is 0.274 e. The zero-order valence-electron chi connectivity index (χ0n) is 26.2. The van der Waals surface area contributed by atoms with Crippen molar-refractivity contribution in [1.29, 1.82) is 0 Å². The Morgan fingerprint density at radius 1 is 1.00 bits per heavy atom. The summed E-state index contributed by atoms with van der Waals surface area (Å²) >= 11 is 0. The lowest BCUT2D eigenvalue weighted by atomic mass is 9.98. The van der Waals surface area contributed by atoms with E-state index in [2.05, 4.69) is 24.7 Å². The van der Waals surface area contributed by atoms with Gasteiger partial charge in [-0.15, -0.1) is 0 Å². The van der Waals surface area contributed by atoms with Gasteiger partial charge < -0.3 is 29.0 Å². The number of nitrogens with zero attached hydrogens (tertiary/aromatic N) is 6. The second kappa shape index (κ2) is 11.8. The van der Waals surface area contributed by atoms with Crippen LogP contribution in [-0.4, -0.2) is 76.6 Å². The Morgan fingerprint density at radius 2 is 1.83 bits per heavy atom. The number of benzene rings is 1. The molecule has 1 aromatic carbocycles. The van der Waals surface area contributed by atoms with Crippen LogP contribution in [0.15, 0.2) is 53.6 Å². The van der Waals surface area contributed by atoms with E-state index in [0.29, 0.717) is 34.8 Å². The summed E-state index contributed by atoms with van der Waals surface area (Å²) in [4.78, 5) is 50.2. The summed E-state index contributed by atoms with van der Waals surface area (Å²) in [7, 11) is 1.60. The van der Waals surface area contributed by atoms with Gasteiger partial charge in [-0.1, -0.05) is 0 Å². The van der Waals surface area contributed by atoms with Gasteiger partial charge in [-0.25, -0.2) is 9.37 Å². The van der Waals surface area contributed by atoms with E-state index in [1.165, 1.54) is 21.6 Å². The number of aldehydes is 1. The molecule has 0 unspecified atom stereocenters. The Balaban J connectivity index is 1.06. The molecular formula is C35H36FN7O4. The highest BCUT2D eigenvalue weighted by atomic mass is 19.1. The molecule has 0 atom stereocenters. The molecule has 0 radical (unpaired) electrons. The van der Waals surface area contributed by atoms with Crippen molar-refractivity contribution in [3.8, 4) is 11.1 Å². The Labute approximate surface area is 271 Å². The van der Waals surface area contributed by atoms with Gasteiger partial charge in [-0.3, -0.25) is 19.3 Å². The van der Waals surface area contributed by atoms with Gasteiger partial charge in [0.15, 0.2) is 6.29 Å². The maximum atomic E-state index is 15.3. The van der Waals surface area contributed by atoms with Crippen molar-refractivity contribution in [2.75, 3.05) is 54.5 Å².